The summed E-state index contributed by atoms with van der Waals surface area (Å²) in [6.45, 7) is 5.67. The lowest BCUT2D eigenvalue weighted by molar-refractivity contribution is 0.163. The van der Waals surface area contributed by atoms with Gasteiger partial charge in [0.1, 0.15) is 0 Å². The zero-order chi connectivity index (χ0) is 16.4. The summed E-state index contributed by atoms with van der Waals surface area (Å²) in [5.74, 6) is 0. The molecule has 1 atom stereocenters. The highest BCUT2D eigenvalue weighted by atomic mass is 35.5. The van der Waals surface area contributed by atoms with Crippen LogP contribution in [0.3, 0.4) is 0 Å². The van der Waals surface area contributed by atoms with E-state index < -0.39 is 0 Å². The molecule has 1 aromatic carbocycles. The fraction of sp³-hybridized carbons (Fsp3) is 0.389. The SMILES string of the molecule is CCCC1c2cccn2CCN1C(=O)Nc1ccc(C)cc1Cl. The van der Waals surface area contributed by atoms with Gasteiger partial charge in [0.05, 0.1) is 16.8 Å². The number of rotatable bonds is 3. The minimum atomic E-state index is -0.0818. The van der Waals surface area contributed by atoms with Crippen LogP contribution in [0.5, 0.6) is 0 Å². The second kappa shape index (κ2) is 6.67. The molecule has 5 heteroatoms. The topological polar surface area (TPSA) is 37.3 Å². The number of benzene rings is 1. The average molecular weight is 332 g/mol. The zero-order valence-corrected chi connectivity index (χ0v) is 14.3. The highest BCUT2D eigenvalue weighted by Crippen LogP contribution is 2.31. The summed E-state index contributed by atoms with van der Waals surface area (Å²) in [5, 5.41) is 3.54. The summed E-state index contributed by atoms with van der Waals surface area (Å²) >= 11 is 6.24. The van der Waals surface area contributed by atoms with Crippen molar-refractivity contribution < 1.29 is 4.79 Å². The molecular formula is C18H22ClN3O. The van der Waals surface area contributed by atoms with Crippen LogP contribution in [-0.4, -0.2) is 22.0 Å². The number of amides is 2. The smallest absolute Gasteiger partial charge is 0.322 e. The Morgan fingerprint density at radius 2 is 2.17 bits per heavy atom. The third-order valence-corrected chi connectivity index (χ3v) is 4.67. The van der Waals surface area contributed by atoms with Crippen LogP contribution < -0.4 is 5.32 Å². The number of nitrogens with one attached hydrogen (secondary N) is 1. The van der Waals surface area contributed by atoms with Crippen LogP contribution in [0.1, 0.15) is 37.1 Å². The van der Waals surface area contributed by atoms with Crippen molar-refractivity contribution >= 4 is 23.3 Å². The van der Waals surface area contributed by atoms with E-state index in [2.05, 4.69) is 35.1 Å². The van der Waals surface area contributed by atoms with Gasteiger partial charge in [0, 0.05) is 25.0 Å². The number of urea groups is 1. The van der Waals surface area contributed by atoms with Gasteiger partial charge in [-0.2, -0.15) is 0 Å². The van der Waals surface area contributed by atoms with E-state index in [0.717, 1.165) is 24.9 Å². The molecule has 2 heterocycles. The first-order chi connectivity index (χ1) is 11.1. The van der Waals surface area contributed by atoms with Crippen LogP contribution in [0.25, 0.3) is 0 Å². The average Bonchev–Trinajstić information content (AvgIpc) is 2.99. The van der Waals surface area contributed by atoms with Crippen LogP contribution >= 0.6 is 11.6 Å². The molecule has 3 rings (SSSR count). The number of nitrogens with zero attached hydrogens (tertiary/aromatic N) is 2. The number of hydrogen-bond donors (Lipinski definition) is 1. The summed E-state index contributed by atoms with van der Waals surface area (Å²) in [7, 11) is 0. The van der Waals surface area contributed by atoms with Crippen molar-refractivity contribution in [2.75, 3.05) is 11.9 Å². The molecule has 2 amide bonds. The van der Waals surface area contributed by atoms with Crippen molar-refractivity contribution in [3.63, 3.8) is 0 Å². The Morgan fingerprint density at radius 1 is 1.35 bits per heavy atom. The van der Waals surface area contributed by atoms with Gasteiger partial charge in [-0.3, -0.25) is 0 Å². The van der Waals surface area contributed by atoms with Gasteiger partial charge in [-0.25, -0.2) is 4.79 Å². The van der Waals surface area contributed by atoms with Crippen LogP contribution in [0, 0.1) is 6.92 Å². The molecule has 2 aromatic rings. The van der Waals surface area contributed by atoms with E-state index in [0.29, 0.717) is 17.3 Å². The van der Waals surface area contributed by atoms with E-state index in [1.807, 2.05) is 30.0 Å². The fourth-order valence-electron chi connectivity index (χ4n) is 3.19. The van der Waals surface area contributed by atoms with E-state index in [9.17, 15) is 4.79 Å². The number of halogens is 1. The van der Waals surface area contributed by atoms with Gasteiger partial charge >= 0.3 is 6.03 Å². The van der Waals surface area contributed by atoms with Crippen molar-refractivity contribution in [2.24, 2.45) is 0 Å². The number of fused-ring (bicyclic) bond motifs is 1. The maximum Gasteiger partial charge on any atom is 0.322 e. The Kier molecular flexibility index (Phi) is 4.62. The van der Waals surface area contributed by atoms with Gasteiger partial charge in [-0.05, 0) is 43.2 Å². The van der Waals surface area contributed by atoms with Crippen LogP contribution in [0.4, 0.5) is 10.5 Å². The number of hydrogen-bond acceptors (Lipinski definition) is 1. The highest BCUT2D eigenvalue weighted by Gasteiger charge is 2.30. The summed E-state index contributed by atoms with van der Waals surface area (Å²) in [6.07, 6.45) is 4.08. The minimum Gasteiger partial charge on any atom is -0.348 e. The van der Waals surface area contributed by atoms with E-state index in [1.165, 1.54) is 5.69 Å². The van der Waals surface area contributed by atoms with Crippen LogP contribution in [-0.2, 0) is 6.54 Å². The molecule has 0 saturated heterocycles. The first-order valence-corrected chi connectivity index (χ1v) is 8.46. The van der Waals surface area contributed by atoms with Crippen molar-refractivity contribution in [2.45, 2.75) is 39.3 Å². The molecule has 0 radical (unpaired) electrons. The molecule has 1 aromatic heterocycles. The second-order valence-corrected chi connectivity index (χ2v) is 6.44. The molecule has 122 valence electrons. The van der Waals surface area contributed by atoms with Crippen molar-refractivity contribution in [1.82, 2.24) is 9.47 Å². The number of aryl methyl sites for hydroxylation is 1. The fourth-order valence-corrected chi connectivity index (χ4v) is 3.48. The Balaban J connectivity index is 1.81. The molecule has 0 saturated carbocycles. The Bertz CT molecular complexity index is 710. The third-order valence-electron chi connectivity index (χ3n) is 4.35. The van der Waals surface area contributed by atoms with E-state index in [-0.39, 0.29) is 12.1 Å². The number of anilines is 1. The quantitative estimate of drug-likeness (QED) is 0.858. The molecule has 1 unspecified atom stereocenters. The first-order valence-electron chi connectivity index (χ1n) is 8.09. The standard InChI is InChI=1S/C18H22ClN3O/c1-3-5-17-16-6-4-9-21(16)10-11-22(17)18(23)20-15-8-7-13(2)12-14(15)19/h4,6-9,12,17H,3,5,10-11H2,1-2H3,(H,20,23). The lowest BCUT2D eigenvalue weighted by Crippen LogP contribution is -2.44. The summed E-state index contributed by atoms with van der Waals surface area (Å²) in [6, 6.07) is 9.87. The molecule has 0 bridgehead atoms. The molecule has 1 aliphatic heterocycles. The first kappa shape index (κ1) is 15.9. The summed E-state index contributed by atoms with van der Waals surface area (Å²) < 4.78 is 2.24. The van der Waals surface area contributed by atoms with Gasteiger partial charge in [0.25, 0.3) is 0 Å². The molecule has 4 nitrogen and oxygen atoms in total. The lowest BCUT2D eigenvalue weighted by Gasteiger charge is -2.37. The molecule has 0 aliphatic carbocycles. The highest BCUT2D eigenvalue weighted by molar-refractivity contribution is 6.33. The molecular weight excluding hydrogens is 310 g/mol. The monoisotopic (exact) mass is 331 g/mol. The van der Waals surface area contributed by atoms with Gasteiger partial charge < -0.3 is 14.8 Å². The number of carbonyl (C=O) groups is 1. The zero-order valence-electron chi connectivity index (χ0n) is 13.6. The van der Waals surface area contributed by atoms with Crippen LogP contribution in [0.2, 0.25) is 5.02 Å². The van der Waals surface area contributed by atoms with Gasteiger partial charge in [-0.15, -0.1) is 0 Å². The van der Waals surface area contributed by atoms with E-state index >= 15 is 0 Å². The minimum absolute atomic E-state index is 0.0818. The van der Waals surface area contributed by atoms with Crippen LogP contribution in [0.15, 0.2) is 36.5 Å². The molecule has 1 N–H and O–H groups in total. The number of aromatic nitrogens is 1. The predicted octanol–water partition coefficient (Wildman–Crippen LogP) is 4.84. The van der Waals surface area contributed by atoms with E-state index in [4.69, 9.17) is 11.6 Å². The van der Waals surface area contributed by atoms with E-state index in [1.54, 1.807) is 0 Å². The summed E-state index contributed by atoms with van der Waals surface area (Å²) in [4.78, 5) is 14.7. The second-order valence-electron chi connectivity index (χ2n) is 6.04. The maximum atomic E-state index is 12.8. The molecule has 0 fully saturated rings. The van der Waals surface area contributed by atoms with Crippen molar-refractivity contribution in [1.29, 1.82) is 0 Å². The Hall–Kier alpha value is -1.94. The number of carbonyl (C=O) groups excluding carboxylic acids is 1. The van der Waals surface area contributed by atoms with Gasteiger partial charge in [-0.1, -0.05) is 31.0 Å². The molecule has 1 aliphatic rings. The summed E-state index contributed by atoms with van der Waals surface area (Å²) in [5.41, 5.74) is 2.95. The van der Waals surface area contributed by atoms with Gasteiger partial charge in [0.2, 0.25) is 0 Å². The molecule has 0 spiro atoms. The maximum absolute atomic E-state index is 12.8. The molecule has 23 heavy (non-hydrogen) atoms. The Labute approximate surface area is 142 Å². The van der Waals surface area contributed by atoms with Gasteiger partial charge in [0.15, 0.2) is 0 Å². The predicted molar refractivity (Wildman–Crippen MR) is 94.0 cm³/mol. The lowest BCUT2D eigenvalue weighted by atomic mass is 10.0. The largest absolute Gasteiger partial charge is 0.348 e. The Morgan fingerprint density at radius 3 is 2.91 bits per heavy atom. The van der Waals surface area contributed by atoms with Crippen molar-refractivity contribution in [3.05, 3.63) is 52.8 Å². The normalized spacial score (nSPS) is 17.0. The third kappa shape index (κ3) is 3.22. The van der Waals surface area contributed by atoms with Crippen molar-refractivity contribution in [3.8, 4) is 0 Å².